The number of aromatic nitrogens is 2. The van der Waals surface area contributed by atoms with Gasteiger partial charge in [-0.15, -0.1) is 0 Å². The maximum atomic E-state index is 5.49. The summed E-state index contributed by atoms with van der Waals surface area (Å²) in [6, 6.07) is 0.323. The van der Waals surface area contributed by atoms with E-state index in [2.05, 4.69) is 42.8 Å². The van der Waals surface area contributed by atoms with E-state index in [9.17, 15) is 0 Å². The normalized spacial score (nSPS) is 14.4. The number of nitrogens with zero attached hydrogens (tertiary/aromatic N) is 2. The molecule has 1 aromatic heterocycles. The SMILES string of the molecule is CCCn1ncc(OC)c1C(CC(C)CC)NCC. The lowest BCUT2D eigenvalue weighted by Crippen LogP contribution is -2.26. The van der Waals surface area contributed by atoms with Gasteiger partial charge in [-0.05, 0) is 25.3 Å². The van der Waals surface area contributed by atoms with E-state index in [0.29, 0.717) is 12.0 Å². The highest BCUT2D eigenvalue weighted by atomic mass is 16.5. The van der Waals surface area contributed by atoms with Crippen LogP contribution in [0.1, 0.15) is 58.7 Å². The summed E-state index contributed by atoms with van der Waals surface area (Å²) in [6.07, 6.45) is 5.24. The van der Waals surface area contributed by atoms with Crippen LogP contribution in [0.4, 0.5) is 0 Å². The minimum atomic E-state index is 0.323. The molecule has 110 valence electrons. The van der Waals surface area contributed by atoms with Crippen LogP contribution in [0.5, 0.6) is 5.75 Å². The molecule has 2 atom stereocenters. The molecule has 0 bridgehead atoms. The van der Waals surface area contributed by atoms with Crippen molar-refractivity contribution < 1.29 is 4.74 Å². The molecule has 1 rings (SSSR count). The van der Waals surface area contributed by atoms with E-state index in [4.69, 9.17) is 4.74 Å². The zero-order valence-electron chi connectivity index (χ0n) is 13.1. The van der Waals surface area contributed by atoms with Gasteiger partial charge in [-0.1, -0.05) is 34.1 Å². The van der Waals surface area contributed by atoms with Crippen LogP contribution in [0.25, 0.3) is 0 Å². The van der Waals surface area contributed by atoms with Gasteiger partial charge < -0.3 is 10.1 Å². The Morgan fingerprint density at radius 1 is 1.37 bits per heavy atom. The average Bonchev–Trinajstić information content (AvgIpc) is 2.81. The van der Waals surface area contributed by atoms with E-state index < -0.39 is 0 Å². The Labute approximate surface area is 117 Å². The molecule has 0 aromatic carbocycles. The minimum Gasteiger partial charge on any atom is -0.493 e. The molecule has 0 saturated heterocycles. The average molecular weight is 267 g/mol. The van der Waals surface area contributed by atoms with Crippen LogP contribution in [0, 0.1) is 5.92 Å². The first-order chi connectivity index (χ1) is 9.17. The van der Waals surface area contributed by atoms with E-state index in [0.717, 1.165) is 31.7 Å². The molecule has 4 nitrogen and oxygen atoms in total. The zero-order valence-corrected chi connectivity index (χ0v) is 13.1. The molecule has 0 amide bonds. The van der Waals surface area contributed by atoms with E-state index in [1.54, 1.807) is 7.11 Å². The highest BCUT2D eigenvalue weighted by Gasteiger charge is 2.22. The summed E-state index contributed by atoms with van der Waals surface area (Å²) in [5, 5.41) is 8.05. The van der Waals surface area contributed by atoms with E-state index in [-0.39, 0.29) is 0 Å². The first-order valence-electron chi connectivity index (χ1n) is 7.50. The molecule has 0 fully saturated rings. The van der Waals surface area contributed by atoms with Gasteiger partial charge >= 0.3 is 0 Å². The lowest BCUT2D eigenvalue weighted by Gasteiger charge is -2.23. The number of hydrogen-bond acceptors (Lipinski definition) is 3. The summed E-state index contributed by atoms with van der Waals surface area (Å²) in [5.41, 5.74) is 1.20. The smallest absolute Gasteiger partial charge is 0.161 e. The predicted octanol–water partition coefficient (Wildman–Crippen LogP) is 3.39. The topological polar surface area (TPSA) is 39.1 Å². The number of hydrogen-bond donors (Lipinski definition) is 1. The van der Waals surface area contributed by atoms with E-state index in [1.165, 1.54) is 12.1 Å². The summed E-state index contributed by atoms with van der Waals surface area (Å²) < 4.78 is 7.58. The monoisotopic (exact) mass is 267 g/mol. The molecule has 0 spiro atoms. The summed E-state index contributed by atoms with van der Waals surface area (Å²) in [6.45, 7) is 10.8. The van der Waals surface area contributed by atoms with Gasteiger partial charge in [0.25, 0.3) is 0 Å². The number of nitrogens with one attached hydrogen (secondary N) is 1. The Morgan fingerprint density at radius 2 is 2.11 bits per heavy atom. The van der Waals surface area contributed by atoms with Crippen LogP contribution in [0.2, 0.25) is 0 Å². The number of aryl methyl sites for hydroxylation is 1. The number of methoxy groups -OCH3 is 1. The number of rotatable bonds is 9. The summed E-state index contributed by atoms with van der Waals surface area (Å²) in [7, 11) is 1.73. The van der Waals surface area contributed by atoms with Gasteiger partial charge in [0.15, 0.2) is 5.75 Å². The second-order valence-corrected chi connectivity index (χ2v) is 5.18. The fourth-order valence-electron chi connectivity index (χ4n) is 2.38. The van der Waals surface area contributed by atoms with Gasteiger partial charge in [0, 0.05) is 6.54 Å². The quantitative estimate of drug-likeness (QED) is 0.745. The molecule has 1 N–H and O–H groups in total. The molecule has 0 radical (unpaired) electrons. The van der Waals surface area contributed by atoms with Crippen molar-refractivity contribution in [2.75, 3.05) is 13.7 Å². The Kier molecular flexibility index (Phi) is 6.92. The molecule has 19 heavy (non-hydrogen) atoms. The molecule has 1 aromatic rings. The third-order valence-corrected chi connectivity index (χ3v) is 3.62. The van der Waals surface area contributed by atoms with Crippen LogP contribution < -0.4 is 10.1 Å². The lowest BCUT2D eigenvalue weighted by atomic mass is 9.97. The van der Waals surface area contributed by atoms with Crippen LogP contribution in [0.15, 0.2) is 6.20 Å². The molecule has 4 heteroatoms. The van der Waals surface area contributed by atoms with Crippen molar-refractivity contribution >= 4 is 0 Å². The molecular formula is C15H29N3O. The van der Waals surface area contributed by atoms with Gasteiger partial charge in [0.2, 0.25) is 0 Å². The van der Waals surface area contributed by atoms with Gasteiger partial charge in [-0.25, -0.2) is 0 Å². The third kappa shape index (κ3) is 4.23. The van der Waals surface area contributed by atoms with Crippen molar-refractivity contribution in [1.29, 1.82) is 0 Å². The molecule has 0 aliphatic rings. The molecular weight excluding hydrogens is 238 g/mol. The van der Waals surface area contributed by atoms with Crippen molar-refractivity contribution in [3.8, 4) is 5.75 Å². The van der Waals surface area contributed by atoms with Crippen molar-refractivity contribution in [2.45, 2.75) is 59.5 Å². The van der Waals surface area contributed by atoms with Crippen molar-refractivity contribution in [3.63, 3.8) is 0 Å². The van der Waals surface area contributed by atoms with Crippen LogP contribution in [-0.2, 0) is 6.54 Å². The van der Waals surface area contributed by atoms with E-state index >= 15 is 0 Å². The Balaban J connectivity index is 3.00. The molecule has 0 saturated carbocycles. The first kappa shape index (κ1) is 16.0. The van der Waals surface area contributed by atoms with Crippen LogP contribution in [-0.4, -0.2) is 23.4 Å². The Bertz CT molecular complexity index is 362. The van der Waals surface area contributed by atoms with Gasteiger partial charge in [0.05, 0.1) is 25.0 Å². The largest absolute Gasteiger partial charge is 0.493 e. The van der Waals surface area contributed by atoms with Crippen molar-refractivity contribution in [3.05, 3.63) is 11.9 Å². The van der Waals surface area contributed by atoms with Gasteiger partial charge in [-0.3, -0.25) is 4.68 Å². The number of ether oxygens (including phenoxy) is 1. The second kappa shape index (κ2) is 8.20. The fourth-order valence-corrected chi connectivity index (χ4v) is 2.38. The van der Waals surface area contributed by atoms with Crippen LogP contribution in [0.3, 0.4) is 0 Å². The third-order valence-electron chi connectivity index (χ3n) is 3.62. The zero-order chi connectivity index (χ0) is 14.3. The second-order valence-electron chi connectivity index (χ2n) is 5.18. The van der Waals surface area contributed by atoms with Gasteiger partial charge in [0.1, 0.15) is 0 Å². The summed E-state index contributed by atoms with van der Waals surface area (Å²) in [4.78, 5) is 0. The lowest BCUT2D eigenvalue weighted by molar-refractivity contribution is 0.357. The minimum absolute atomic E-state index is 0.323. The van der Waals surface area contributed by atoms with E-state index in [1.807, 2.05) is 6.20 Å². The molecule has 0 aliphatic carbocycles. The summed E-state index contributed by atoms with van der Waals surface area (Å²) in [5.74, 6) is 1.60. The Hall–Kier alpha value is -1.03. The first-order valence-corrected chi connectivity index (χ1v) is 7.50. The molecule has 0 aliphatic heterocycles. The molecule has 1 heterocycles. The highest BCUT2D eigenvalue weighted by Crippen LogP contribution is 2.30. The maximum absolute atomic E-state index is 5.49. The molecule has 2 unspecified atom stereocenters. The standard InChI is InChI=1S/C15H29N3O/c1-6-9-18-15(14(19-5)11-17-18)13(16-8-3)10-12(4)7-2/h11-13,16H,6-10H2,1-5H3. The van der Waals surface area contributed by atoms with Crippen LogP contribution >= 0.6 is 0 Å². The predicted molar refractivity (Wildman–Crippen MR) is 79.6 cm³/mol. The van der Waals surface area contributed by atoms with Gasteiger partial charge in [-0.2, -0.15) is 5.10 Å². The maximum Gasteiger partial charge on any atom is 0.161 e. The van der Waals surface area contributed by atoms with Crippen molar-refractivity contribution in [1.82, 2.24) is 15.1 Å². The summed E-state index contributed by atoms with van der Waals surface area (Å²) >= 11 is 0. The Morgan fingerprint density at radius 3 is 2.63 bits per heavy atom. The highest BCUT2D eigenvalue weighted by molar-refractivity contribution is 5.28. The van der Waals surface area contributed by atoms with Crippen molar-refractivity contribution in [2.24, 2.45) is 5.92 Å². The fraction of sp³-hybridized carbons (Fsp3) is 0.800.